The van der Waals surface area contributed by atoms with Crippen molar-refractivity contribution in [1.82, 2.24) is 9.88 Å². The van der Waals surface area contributed by atoms with Crippen LogP contribution in [-0.2, 0) is 21.0 Å². The SMILES string of the molecule is COc1cc([C@H]2c3sc(=O)[nH]c3SC3C4CC(C5C(=O)N(CC(=O)O)C(=O)C45)C32)ccc1OCc1cccc(C)c1. The van der Waals surface area contributed by atoms with Gasteiger partial charge >= 0.3 is 10.8 Å². The van der Waals surface area contributed by atoms with E-state index in [1.807, 2.05) is 43.3 Å². The van der Waals surface area contributed by atoms with Crippen molar-refractivity contribution in [2.75, 3.05) is 13.7 Å². The van der Waals surface area contributed by atoms with Crippen LogP contribution in [-0.4, -0.2) is 51.7 Å². The molecule has 7 atom stereocenters. The molecule has 2 aromatic carbocycles. The molecule has 1 aromatic heterocycles. The molecular formula is C30H28N2O7S2. The van der Waals surface area contributed by atoms with E-state index >= 15 is 0 Å². The van der Waals surface area contributed by atoms with Gasteiger partial charge in [-0.3, -0.25) is 24.1 Å². The number of rotatable bonds is 7. The number of H-pyrrole nitrogens is 1. The number of carboxylic acid groups (broad SMARTS) is 1. The summed E-state index contributed by atoms with van der Waals surface area (Å²) >= 11 is 2.79. The lowest BCUT2D eigenvalue weighted by atomic mass is 9.68. The Hall–Kier alpha value is -3.57. The molecule has 3 fully saturated rings. The molecule has 3 heterocycles. The summed E-state index contributed by atoms with van der Waals surface area (Å²) in [6.45, 7) is 1.83. The van der Waals surface area contributed by atoms with Crippen molar-refractivity contribution in [2.45, 2.75) is 36.1 Å². The number of carbonyl (C=O) groups is 3. The minimum atomic E-state index is -1.19. The number of imide groups is 1. The molecule has 1 saturated heterocycles. The molecule has 2 amide bonds. The normalized spacial score (nSPS) is 29.3. The fourth-order valence-electron chi connectivity index (χ4n) is 7.70. The van der Waals surface area contributed by atoms with Crippen molar-refractivity contribution < 1.29 is 29.0 Å². The van der Waals surface area contributed by atoms with Gasteiger partial charge < -0.3 is 19.6 Å². The number of aryl methyl sites for hydroxylation is 1. The summed E-state index contributed by atoms with van der Waals surface area (Å²) < 4.78 is 11.9. The minimum Gasteiger partial charge on any atom is -0.493 e. The summed E-state index contributed by atoms with van der Waals surface area (Å²) in [6, 6.07) is 14.0. The first-order valence-corrected chi connectivity index (χ1v) is 15.3. The lowest BCUT2D eigenvalue weighted by molar-refractivity contribution is -0.149. The predicted octanol–water partition coefficient (Wildman–Crippen LogP) is 3.89. The lowest BCUT2D eigenvalue weighted by Gasteiger charge is -2.43. The first kappa shape index (κ1) is 26.3. The Morgan fingerprint density at radius 2 is 1.85 bits per heavy atom. The smallest absolute Gasteiger partial charge is 0.323 e. The van der Waals surface area contributed by atoms with E-state index in [1.54, 1.807) is 18.9 Å². The number of aromatic nitrogens is 1. The maximum absolute atomic E-state index is 13.4. The minimum absolute atomic E-state index is 0.00972. The largest absolute Gasteiger partial charge is 0.493 e. The molecule has 2 bridgehead atoms. The number of fused-ring (bicyclic) bond motifs is 9. The van der Waals surface area contributed by atoms with Gasteiger partial charge in [-0.2, -0.15) is 0 Å². The Balaban J connectivity index is 1.24. The topological polar surface area (TPSA) is 126 Å². The molecule has 2 aliphatic heterocycles. The van der Waals surface area contributed by atoms with Gasteiger partial charge in [-0.15, -0.1) is 11.8 Å². The maximum atomic E-state index is 13.4. The fourth-order valence-corrected chi connectivity index (χ4v) is 10.6. The number of carboxylic acids is 1. The number of aromatic amines is 1. The number of hydrogen-bond acceptors (Lipinski definition) is 8. The third kappa shape index (κ3) is 4.12. The number of nitrogens with zero attached hydrogens (tertiary/aromatic N) is 1. The van der Waals surface area contributed by atoms with Crippen molar-refractivity contribution in [1.29, 1.82) is 0 Å². The molecule has 212 valence electrons. The van der Waals surface area contributed by atoms with E-state index in [0.717, 1.165) is 37.9 Å². The first-order chi connectivity index (χ1) is 19.7. The Morgan fingerprint density at radius 1 is 1.07 bits per heavy atom. The number of ether oxygens (including phenoxy) is 2. The van der Waals surface area contributed by atoms with E-state index in [2.05, 4.69) is 11.1 Å². The van der Waals surface area contributed by atoms with Crippen LogP contribution in [0.15, 0.2) is 52.3 Å². The molecule has 7 rings (SSSR count). The molecule has 9 nitrogen and oxygen atoms in total. The molecule has 4 aliphatic rings. The molecule has 2 N–H and O–H groups in total. The van der Waals surface area contributed by atoms with Gasteiger partial charge in [0.2, 0.25) is 11.8 Å². The second-order valence-corrected chi connectivity index (χ2v) is 13.5. The number of aliphatic carboxylic acids is 1. The highest BCUT2D eigenvalue weighted by atomic mass is 32.2. The second-order valence-electron chi connectivity index (χ2n) is 11.3. The van der Waals surface area contributed by atoms with Crippen molar-refractivity contribution >= 4 is 40.9 Å². The number of nitrogens with one attached hydrogen (secondary N) is 1. The van der Waals surface area contributed by atoms with E-state index in [0.29, 0.717) is 18.1 Å². The van der Waals surface area contributed by atoms with E-state index in [4.69, 9.17) is 9.47 Å². The maximum Gasteiger partial charge on any atom is 0.323 e. The Bertz CT molecular complexity index is 1650. The quantitative estimate of drug-likeness (QED) is 0.396. The van der Waals surface area contributed by atoms with Gasteiger partial charge in [-0.05, 0) is 54.4 Å². The zero-order valence-electron chi connectivity index (χ0n) is 22.4. The van der Waals surface area contributed by atoms with Crippen LogP contribution in [0.5, 0.6) is 11.5 Å². The number of benzene rings is 2. The van der Waals surface area contributed by atoms with Crippen molar-refractivity contribution in [3.63, 3.8) is 0 Å². The Labute approximate surface area is 243 Å². The number of likely N-dealkylation sites (tertiary alicyclic amines) is 1. The third-order valence-electron chi connectivity index (χ3n) is 9.13. The van der Waals surface area contributed by atoms with Gasteiger partial charge in [0.15, 0.2) is 11.5 Å². The van der Waals surface area contributed by atoms with Crippen LogP contribution >= 0.6 is 23.1 Å². The molecule has 0 radical (unpaired) electrons. The molecule has 3 aromatic rings. The highest BCUT2D eigenvalue weighted by molar-refractivity contribution is 8.00. The Kier molecular flexibility index (Phi) is 6.27. The van der Waals surface area contributed by atoms with Crippen LogP contribution < -0.4 is 14.3 Å². The van der Waals surface area contributed by atoms with Gasteiger partial charge in [-0.1, -0.05) is 47.2 Å². The summed E-state index contributed by atoms with van der Waals surface area (Å²) in [4.78, 5) is 55.3. The average molecular weight is 593 g/mol. The molecule has 0 spiro atoms. The van der Waals surface area contributed by atoms with Crippen LogP contribution in [0.25, 0.3) is 0 Å². The van der Waals surface area contributed by atoms with E-state index < -0.39 is 24.3 Å². The summed E-state index contributed by atoms with van der Waals surface area (Å²) in [7, 11) is 1.60. The van der Waals surface area contributed by atoms with Gasteiger partial charge in [-0.25, -0.2) is 0 Å². The molecule has 11 heteroatoms. The third-order valence-corrected chi connectivity index (χ3v) is 11.7. The van der Waals surface area contributed by atoms with E-state index in [-0.39, 0.29) is 45.6 Å². The van der Waals surface area contributed by atoms with Crippen molar-refractivity contribution in [3.05, 3.63) is 73.7 Å². The van der Waals surface area contributed by atoms with Crippen molar-refractivity contribution in [3.8, 4) is 11.5 Å². The molecule has 2 aliphatic carbocycles. The molecule has 41 heavy (non-hydrogen) atoms. The average Bonchev–Trinajstić information content (AvgIpc) is 3.67. The van der Waals surface area contributed by atoms with Crippen LogP contribution in [0, 0.1) is 36.5 Å². The van der Waals surface area contributed by atoms with Crippen molar-refractivity contribution in [2.24, 2.45) is 29.6 Å². The summed E-state index contributed by atoms with van der Waals surface area (Å²) in [5, 5.41) is 10.2. The van der Waals surface area contributed by atoms with Crippen LogP contribution in [0.3, 0.4) is 0 Å². The van der Waals surface area contributed by atoms with Crippen LogP contribution in [0.1, 0.15) is 33.9 Å². The predicted molar refractivity (Wildman–Crippen MR) is 151 cm³/mol. The highest BCUT2D eigenvalue weighted by Crippen LogP contribution is 2.68. The number of carbonyl (C=O) groups excluding carboxylic acids is 2. The summed E-state index contributed by atoms with van der Waals surface area (Å²) in [6.07, 6.45) is 0.737. The van der Waals surface area contributed by atoms with Gasteiger partial charge in [0.1, 0.15) is 13.2 Å². The fraction of sp³-hybridized carbons (Fsp3) is 0.400. The summed E-state index contributed by atoms with van der Waals surface area (Å²) in [5.74, 6) is -2.08. The molecule has 6 unspecified atom stereocenters. The number of amides is 2. The zero-order valence-corrected chi connectivity index (χ0v) is 24.0. The van der Waals surface area contributed by atoms with Crippen LogP contribution in [0.2, 0.25) is 0 Å². The van der Waals surface area contributed by atoms with Crippen LogP contribution in [0.4, 0.5) is 0 Å². The Morgan fingerprint density at radius 3 is 2.59 bits per heavy atom. The monoisotopic (exact) mass is 592 g/mol. The zero-order chi connectivity index (χ0) is 28.6. The van der Waals surface area contributed by atoms with Gasteiger partial charge in [0.05, 0.1) is 24.0 Å². The number of methoxy groups -OCH3 is 1. The first-order valence-electron chi connectivity index (χ1n) is 13.6. The number of hydrogen-bond donors (Lipinski definition) is 2. The number of thioether (sulfide) groups is 1. The highest BCUT2D eigenvalue weighted by Gasteiger charge is 2.69. The second kappa shape index (κ2) is 9.77. The number of thiazole rings is 1. The van der Waals surface area contributed by atoms with Gasteiger partial charge in [0, 0.05) is 16.0 Å². The van der Waals surface area contributed by atoms with E-state index in [1.165, 1.54) is 11.3 Å². The van der Waals surface area contributed by atoms with E-state index in [9.17, 15) is 24.3 Å². The molecule has 2 saturated carbocycles. The summed E-state index contributed by atoms with van der Waals surface area (Å²) in [5.41, 5.74) is 3.16. The van der Waals surface area contributed by atoms with Gasteiger partial charge in [0.25, 0.3) is 0 Å². The molecular weight excluding hydrogens is 564 g/mol. The standard InChI is InChI=1S/C30H28N2O7S2/c1-13-4-3-5-14(8-13)12-39-18-7-6-15(9-19(18)38-2)21-22-16-10-17(25(22)40-27-26(21)41-30(37)31-27)24-23(16)28(35)32(29(24)36)11-20(33)34/h3-9,16-17,21-25H,10-12H2,1-2H3,(H,31,37)(H,33,34)/t16?,17?,21-,22?,23?,24?,25?/m1/s1. The lowest BCUT2D eigenvalue weighted by Crippen LogP contribution is -2.42.